The first-order valence-electron chi connectivity index (χ1n) is 6.36. The third-order valence-corrected chi connectivity index (χ3v) is 3.33. The summed E-state index contributed by atoms with van der Waals surface area (Å²) in [7, 11) is 0. The lowest BCUT2D eigenvalue weighted by Crippen LogP contribution is -2.27. The number of benzene rings is 1. The summed E-state index contributed by atoms with van der Waals surface area (Å²) in [6, 6.07) is 4.85. The number of aromatic nitrogens is 1. The molecule has 2 heterocycles. The zero-order chi connectivity index (χ0) is 14.1. The van der Waals surface area contributed by atoms with Gasteiger partial charge in [-0.3, -0.25) is 4.79 Å². The second kappa shape index (κ2) is 5.03. The van der Waals surface area contributed by atoms with Crippen molar-refractivity contribution in [1.82, 2.24) is 10.1 Å². The van der Waals surface area contributed by atoms with Crippen molar-refractivity contribution >= 4 is 5.91 Å². The largest absolute Gasteiger partial charge is 0.355 e. The van der Waals surface area contributed by atoms with Crippen molar-refractivity contribution < 1.29 is 18.1 Å². The molecule has 1 aromatic heterocycles. The van der Waals surface area contributed by atoms with Gasteiger partial charge in [0.05, 0.1) is 0 Å². The molecule has 3 rings (SSSR count). The van der Waals surface area contributed by atoms with Crippen molar-refractivity contribution in [3.8, 4) is 11.3 Å². The molecule has 0 unspecified atom stereocenters. The summed E-state index contributed by atoms with van der Waals surface area (Å²) >= 11 is 0. The van der Waals surface area contributed by atoms with E-state index in [-0.39, 0.29) is 17.4 Å². The molecule has 2 aromatic rings. The maximum Gasteiger partial charge on any atom is 0.276 e. The Morgan fingerprint density at radius 3 is 2.60 bits per heavy atom. The van der Waals surface area contributed by atoms with E-state index in [4.69, 9.17) is 4.52 Å². The number of carbonyl (C=O) groups excluding carboxylic acids is 1. The zero-order valence-electron chi connectivity index (χ0n) is 10.6. The summed E-state index contributed by atoms with van der Waals surface area (Å²) in [6.45, 7) is 1.43. The van der Waals surface area contributed by atoms with Gasteiger partial charge in [-0.2, -0.15) is 0 Å². The van der Waals surface area contributed by atoms with Crippen molar-refractivity contribution in [2.24, 2.45) is 0 Å². The number of hydrogen-bond acceptors (Lipinski definition) is 3. The first kappa shape index (κ1) is 12.8. The lowest BCUT2D eigenvalue weighted by atomic mass is 10.1. The first-order chi connectivity index (χ1) is 9.65. The van der Waals surface area contributed by atoms with Crippen LogP contribution in [0.4, 0.5) is 8.78 Å². The van der Waals surface area contributed by atoms with Crippen molar-refractivity contribution in [1.29, 1.82) is 0 Å². The van der Waals surface area contributed by atoms with Crippen LogP contribution in [0.5, 0.6) is 0 Å². The van der Waals surface area contributed by atoms with Crippen LogP contribution < -0.4 is 0 Å². The Balaban J connectivity index is 1.85. The molecule has 0 spiro atoms. The van der Waals surface area contributed by atoms with Gasteiger partial charge in [-0.15, -0.1) is 0 Å². The van der Waals surface area contributed by atoms with Crippen LogP contribution in [0.3, 0.4) is 0 Å². The van der Waals surface area contributed by atoms with Gasteiger partial charge in [-0.05, 0) is 31.0 Å². The summed E-state index contributed by atoms with van der Waals surface area (Å²) in [6.07, 6.45) is 1.97. The van der Waals surface area contributed by atoms with Crippen LogP contribution >= 0.6 is 0 Å². The predicted molar refractivity (Wildman–Crippen MR) is 67.0 cm³/mol. The van der Waals surface area contributed by atoms with Gasteiger partial charge in [0.25, 0.3) is 5.91 Å². The number of halogens is 2. The van der Waals surface area contributed by atoms with Gasteiger partial charge in [0.2, 0.25) is 0 Å². The molecule has 1 aliphatic rings. The molecule has 0 aliphatic carbocycles. The highest BCUT2D eigenvalue weighted by molar-refractivity contribution is 5.93. The molecule has 1 fully saturated rings. The average Bonchev–Trinajstić information content (AvgIpc) is 3.11. The number of carbonyl (C=O) groups is 1. The van der Waals surface area contributed by atoms with Crippen molar-refractivity contribution in [2.45, 2.75) is 12.8 Å². The highest BCUT2D eigenvalue weighted by atomic mass is 19.2. The minimum atomic E-state index is -0.966. The van der Waals surface area contributed by atoms with Gasteiger partial charge >= 0.3 is 0 Å². The fraction of sp³-hybridized carbons (Fsp3) is 0.286. The van der Waals surface area contributed by atoms with Crippen LogP contribution in [0.1, 0.15) is 23.3 Å². The molecule has 6 heteroatoms. The van der Waals surface area contributed by atoms with Gasteiger partial charge in [-0.1, -0.05) is 5.16 Å². The molecular formula is C14H12F2N2O2. The Morgan fingerprint density at radius 1 is 1.15 bits per heavy atom. The van der Waals surface area contributed by atoms with Gasteiger partial charge in [-0.25, -0.2) is 8.78 Å². The molecule has 0 bridgehead atoms. The quantitative estimate of drug-likeness (QED) is 0.848. The summed E-state index contributed by atoms with van der Waals surface area (Å²) in [5.41, 5.74) is 0.531. The van der Waals surface area contributed by atoms with E-state index in [1.807, 2.05) is 0 Å². The minimum absolute atomic E-state index is 0.187. The molecule has 0 N–H and O–H groups in total. The predicted octanol–water partition coefficient (Wildman–Crippen LogP) is 2.86. The Bertz CT molecular complexity index is 648. The highest BCUT2D eigenvalue weighted by Gasteiger charge is 2.23. The number of hydrogen-bond donors (Lipinski definition) is 0. The van der Waals surface area contributed by atoms with Gasteiger partial charge < -0.3 is 9.42 Å². The monoisotopic (exact) mass is 278 g/mol. The van der Waals surface area contributed by atoms with E-state index in [1.165, 1.54) is 12.1 Å². The van der Waals surface area contributed by atoms with Crippen LogP contribution in [0.15, 0.2) is 28.8 Å². The molecule has 4 nitrogen and oxygen atoms in total. The van der Waals surface area contributed by atoms with Gasteiger partial charge in [0.15, 0.2) is 23.1 Å². The second-order valence-corrected chi connectivity index (χ2v) is 4.70. The van der Waals surface area contributed by atoms with Gasteiger partial charge in [0, 0.05) is 24.7 Å². The summed E-state index contributed by atoms with van der Waals surface area (Å²) in [5.74, 6) is -1.85. The minimum Gasteiger partial charge on any atom is -0.355 e. The van der Waals surface area contributed by atoms with Gasteiger partial charge in [0.1, 0.15) is 0 Å². The van der Waals surface area contributed by atoms with E-state index < -0.39 is 11.6 Å². The van der Waals surface area contributed by atoms with Crippen LogP contribution in [0.2, 0.25) is 0 Å². The fourth-order valence-corrected chi connectivity index (χ4v) is 2.24. The molecule has 104 valence electrons. The van der Waals surface area contributed by atoms with E-state index in [9.17, 15) is 13.6 Å². The second-order valence-electron chi connectivity index (χ2n) is 4.70. The van der Waals surface area contributed by atoms with Crippen molar-refractivity contribution in [2.75, 3.05) is 13.1 Å². The maximum atomic E-state index is 13.2. The van der Waals surface area contributed by atoms with E-state index in [1.54, 1.807) is 4.90 Å². The first-order valence-corrected chi connectivity index (χ1v) is 6.36. The lowest BCUT2D eigenvalue weighted by Gasteiger charge is -2.12. The molecule has 0 radical (unpaired) electrons. The molecule has 1 aliphatic heterocycles. The fourth-order valence-electron chi connectivity index (χ4n) is 2.24. The van der Waals surface area contributed by atoms with Crippen molar-refractivity contribution in [3.63, 3.8) is 0 Å². The van der Waals surface area contributed by atoms with E-state index in [2.05, 4.69) is 5.16 Å². The van der Waals surface area contributed by atoms with Crippen LogP contribution in [0, 0.1) is 11.6 Å². The van der Waals surface area contributed by atoms with E-state index >= 15 is 0 Å². The lowest BCUT2D eigenvalue weighted by molar-refractivity contribution is 0.0782. The van der Waals surface area contributed by atoms with E-state index in [0.717, 1.165) is 25.0 Å². The number of rotatable bonds is 2. The van der Waals surface area contributed by atoms with Crippen LogP contribution in [-0.2, 0) is 0 Å². The topological polar surface area (TPSA) is 46.3 Å². The third kappa shape index (κ3) is 2.29. The average molecular weight is 278 g/mol. The molecule has 1 amide bonds. The Labute approximate surface area is 114 Å². The summed E-state index contributed by atoms with van der Waals surface area (Å²) in [5, 5.41) is 3.71. The zero-order valence-corrected chi connectivity index (χ0v) is 10.6. The normalized spacial score (nSPS) is 14.8. The van der Waals surface area contributed by atoms with Crippen molar-refractivity contribution in [3.05, 3.63) is 41.6 Å². The number of nitrogens with zero attached hydrogens (tertiary/aromatic N) is 2. The Kier molecular flexibility index (Phi) is 3.22. The number of amides is 1. The molecule has 0 saturated carbocycles. The van der Waals surface area contributed by atoms with Crippen LogP contribution in [-0.4, -0.2) is 29.1 Å². The highest BCUT2D eigenvalue weighted by Crippen LogP contribution is 2.23. The SMILES string of the molecule is O=C(c1cc(-c2ccc(F)c(F)c2)on1)N1CCCC1. The summed E-state index contributed by atoms with van der Waals surface area (Å²) in [4.78, 5) is 13.8. The van der Waals surface area contributed by atoms with Crippen LogP contribution in [0.25, 0.3) is 11.3 Å². The third-order valence-electron chi connectivity index (χ3n) is 3.33. The Morgan fingerprint density at radius 2 is 1.90 bits per heavy atom. The molecular weight excluding hydrogens is 266 g/mol. The summed E-state index contributed by atoms with van der Waals surface area (Å²) < 4.78 is 31.1. The molecule has 20 heavy (non-hydrogen) atoms. The smallest absolute Gasteiger partial charge is 0.276 e. The Hall–Kier alpha value is -2.24. The standard InChI is InChI=1S/C14H12F2N2O2/c15-10-4-3-9(7-11(10)16)13-8-12(17-20-13)14(19)18-5-1-2-6-18/h3-4,7-8H,1-2,5-6H2. The molecule has 1 aromatic carbocycles. The molecule has 1 saturated heterocycles. The maximum absolute atomic E-state index is 13.2. The molecule has 0 atom stereocenters. The van der Waals surface area contributed by atoms with E-state index in [0.29, 0.717) is 18.7 Å². The number of likely N-dealkylation sites (tertiary alicyclic amines) is 1.